The van der Waals surface area contributed by atoms with Crippen LogP contribution in [0.2, 0.25) is 0 Å². The van der Waals surface area contributed by atoms with Crippen molar-refractivity contribution in [2.75, 3.05) is 0 Å². The molecule has 4 nitrogen and oxygen atoms in total. The van der Waals surface area contributed by atoms with Gasteiger partial charge in [0.2, 0.25) is 0 Å². The molecule has 0 atom stereocenters. The van der Waals surface area contributed by atoms with Gasteiger partial charge in [-0.25, -0.2) is 0 Å². The first-order chi connectivity index (χ1) is 8.15. The molecule has 0 radical (unpaired) electrons. The highest BCUT2D eigenvalue weighted by Gasteiger charge is 2.04. The molecule has 5 heteroatoms. The van der Waals surface area contributed by atoms with Gasteiger partial charge in [0.05, 0.1) is 0 Å². The summed E-state index contributed by atoms with van der Waals surface area (Å²) in [7, 11) is 0. The van der Waals surface area contributed by atoms with Gasteiger partial charge in [0, 0.05) is 16.7 Å². The van der Waals surface area contributed by atoms with Crippen LogP contribution >= 0.6 is 15.9 Å². The van der Waals surface area contributed by atoms with Gasteiger partial charge in [0.15, 0.2) is 0 Å². The molecule has 86 valence electrons. The number of hydrogen-bond acceptors (Lipinski definition) is 3. The van der Waals surface area contributed by atoms with E-state index in [0.29, 0.717) is 11.5 Å². The smallest absolute Gasteiger partial charge is 0.267 e. The van der Waals surface area contributed by atoms with Crippen LogP contribution in [0.15, 0.2) is 47.1 Å². The van der Waals surface area contributed by atoms with E-state index < -0.39 is 5.91 Å². The van der Waals surface area contributed by atoms with Crippen molar-refractivity contribution in [1.82, 2.24) is 4.98 Å². The monoisotopic (exact) mass is 292 g/mol. The van der Waals surface area contributed by atoms with Crippen LogP contribution in [0.1, 0.15) is 10.5 Å². The first-order valence-electron chi connectivity index (χ1n) is 4.84. The highest BCUT2D eigenvalue weighted by atomic mass is 79.9. The van der Waals surface area contributed by atoms with Gasteiger partial charge in [-0.15, -0.1) is 0 Å². The van der Waals surface area contributed by atoms with E-state index in [1.165, 1.54) is 12.3 Å². The fraction of sp³-hybridized carbons (Fsp3) is 0. The largest absolute Gasteiger partial charge is 0.457 e. The Morgan fingerprint density at radius 1 is 1.24 bits per heavy atom. The Balaban J connectivity index is 2.24. The van der Waals surface area contributed by atoms with Crippen molar-refractivity contribution in [3.05, 3.63) is 52.8 Å². The van der Waals surface area contributed by atoms with Crippen molar-refractivity contribution in [2.45, 2.75) is 0 Å². The zero-order chi connectivity index (χ0) is 12.3. The van der Waals surface area contributed by atoms with Crippen molar-refractivity contribution < 1.29 is 9.53 Å². The minimum Gasteiger partial charge on any atom is -0.457 e. The number of pyridine rings is 1. The zero-order valence-electron chi connectivity index (χ0n) is 8.76. The van der Waals surface area contributed by atoms with Crippen LogP contribution in [0.5, 0.6) is 11.5 Å². The summed E-state index contributed by atoms with van der Waals surface area (Å²) in [6.45, 7) is 0. The summed E-state index contributed by atoms with van der Waals surface area (Å²) in [5.41, 5.74) is 5.31. The van der Waals surface area contributed by atoms with Crippen LogP contribution in [-0.4, -0.2) is 10.9 Å². The van der Waals surface area contributed by atoms with Gasteiger partial charge in [0.25, 0.3) is 5.91 Å². The number of primary amides is 1. The van der Waals surface area contributed by atoms with Crippen molar-refractivity contribution in [2.24, 2.45) is 5.73 Å². The van der Waals surface area contributed by atoms with Crippen LogP contribution < -0.4 is 10.5 Å². The number of hydrogen-bond donors (Lipinski definition) is 1. The quantitative estimate of drug-likeness (QED) is 0.946. The average molecular weight is 293 g/mol. The maximum Gasteiger partial charge on any atom is 0.267 e. The summed E-state index contributed by atoms with van der Waals surface area (Å²) in [5.74, 6) is 0.609. The molecule has 17 heavy (non-hydrogen) atoms. The molecule has 1 aromatic carbocycles. The maximum atomic E-state index is 11.0. The Kier molecular flexibility index (Phi) is 3.39. The molecule has 1 heterocycles. The van der Waals surface area contributed by atoms with Gasteiger partial charge >= 0.3 is 0 Å². The number of nitrogens with zero attached hydrogens (tertiary/aromatic N) is 1. The first kappa shape index (κ1) is 11.6. The molecule has 0 aliphatic carbocycles. The van der Waals surface area contributed by atoms with Gasteiger partial charge in [-0.1, -0.05) is 22.0 Å². The molecule has 0 unspecified atom stereocenters. The molecule has 2 aromatic rings. The lowest BCUT2D eigenvalue weighted by atomic mass is 10.3. The van der Waals surface area contributed by atoms with Gasteiger partial charge in [-0.3, -0.25) is 9.78 Å². The number of carbonyl (C=O) groups excluding carboxylic acids is 1. The molecule has 2 N–H and O–H groups in total. The predicted octanol–water partition coefficient (Wildman–Crippen LogP) is 2.74. The van der Waals surface area contributed by atoms with Crippen molar-refractivity contribution in [1.29, 1.82) is 0 Å². The Labute approximate surface area is 107 Å². The third-order valence-corrected chi connectivity index (χ3v) is 2.51. The van der Waals surface area contributed by atoms with E-state index in [1.807, 2.05) is 24.3 Å². The van der Waals surface area contributed by atoms with E-state index >= 15 is 0 Å². The molecule has 0 spiro atoms. The lowest BCUT2D eigenvalue weighted by Crippen LogP contribution is -2.12. The first-order valence-corrected chi connectivity index (χ1v) is 5.64. The normalized spacial score (nSPS) is 9.94. The second kappa shape index (κ2) is 4.97. The third kappa shape index (κ3) is 3.04. The van der Waals surface area contributed by atoms with Crippen LogP contribution in [0.4, 0.5) is 0 Å². The molecule has 1 amide bonds. The van der Waals surface area contributed by atoms with E-state index in [9.17, 15) is 4.79 Å². The molecule has 0 aliphatic heterocycles. The summed E-state index contributed by atoms with van der Waals surface area (Å²) in [6.07, 6.45) is 1.48. The van der Waals surface area contributed by atoms with Crippen molar-refractivity contribution in [3.8, 4) is 11.5 Å². The molecule has 1 aromatic heterocycles. The van der Waals surface area contributed by atoms with Crippen LogP contribution in [0, 0.1) is 0 Å². The summed E-state index contributed by atoms with van der Waals surface area (Å²) in [5, 5.41) is 0. The number of rotatable bonds is 3. The highest BCUT2D eigenvalue weighted by Crippen LogP contribution is 2.24. The number of benzene rings is 1. The molecule has 0 saturated heterocycles. The molecule has 2 rings (SSSR count). The van der Waals surface area contributed by atoms with Gasteiger partial charge in [-0.2, -0.15) is 0 Å². The van der Waals surface area contributed by atoms with E-state index in [1.54, 1.807) is 6.07 Å². The number of carbonyl (C=O) groups is 1. The van der Waals surface area contributed by atoms with Crippen LogP contribution in [0.3, 0.4) is 0 Å². The number of aromatic nitrogens is 1. The zero-order valence-corrected chi connectivity index (χ0v) is 10.3. The SMILES string of the molecule is NC(=O)c1cc(Oc2cccc(Br)c2)ccn1. The van der Waals surface area contributed by atoms with Gasteiger partial charge < -0.3 is 10.5 Å². The van der Waals surface area contributed by atoms with Gasteiger partial charge in [-0.05, 0) is 24.3 Å². The second-order valence-electron chi connectivity index (χ2n) is 3.30. The Morgan fingerprint density at radius 2 is 2.00 bits per heavy atom. The standard InChI is InChI=1S/C12H9BrN2O2/c13-8-2-1-3-9(6-8)17-10-4-5-15-11(7-10)12(14)16/h1-7H,(H2,14,16). The fourth-order valence-electron chi connectivity index (χ4n) is 1.28. The predicted molar refractivity (Wildman–Crippen MR) is 67.0 cm³/mol. The molecule has 0 bridgehead atoms. The number of halogens is 1. The number of nitrogens with two attached hydrogens (primary N) is 1. The minimum atomic E-state index is -0.579. The second-order valence-corrected chi connectivity index (χ2v) is 4.22. The van der Waals surface area contributed by atoms with E-state index in [4.69, 9.17) is 10.5 Å². The minimum absolute atomic E-state index is 0.178. The molecule has 0 fully saturated rings. The third-order valence-electron chi connectivity index (χ3n) is 2.02. The number of amides is 1. The Hall–Kier alpha value is -1.88. The maximum absolute atomic E-state index is 11.0. The lowest BCUT2D eigenvalue weighted by molar-refractivity contribution is 0.0995. The topological polar surface area (TPSA) is 65.2 Å². The summed E-state index contributed by atoms with van der Waals surface area (Å²) in [6, 6.07) is 10.6. The van der Waals surface area contributed by atoms with E-state index in [0.717, 1.165) is 4.47 Å². The van der Waals surface area contributed by atoms with Gasteiger partial charge in [0.1, 0.15) is 17.2 Å². The summed E-state index contributed by atoms with van der Waals surface area (Å²) < 4.78 is 6.49. The van der Waals surface area contributed by atoms with Crippen LogP contribution in [0.25, 0.3) is 0 Å². The lowest BCUT2D eigenvalue weighted by Gasteiger charge is -2.06. The van der Waals surface area contributed by atoms with E-state index in [2.05, 4.69) is 20.9 Å². The molecular formula is C12H9BrN2O2. The summed E-state index contributed by atoms with van der Waals surface area (Å²) >= 11 is 3.35. The Morgan fingerprint density at radius 3 is 2.71 bits per heavy atom. The molecule has 0 aliphatic rings. The Bertz CT molecular complexity index is 558. The summed E-state index contributed by atoms with van der Waals surface area (Å²) in [4.78, 5) is 14.8. The fourth-order valence-corrected chi connectivity index (χ4v) is 1.65. The van der Waals surface area contributed by atoms with Crippen molar-refractivity contribution in [3.63, 3.8) is 0 Å². The molecule has 0 saturated carbocycles. The van der Waals surface area contributed by atoms with Crippen LogP contribution in [-0.2, 0) is 0 Å². The molecular weight excluding hydrogens is 284 g/mol. The van der Waals surface area contributed by atoms with E-state index in [-0.39, 0.29) is 5.69 Å². The van der Waals surface area contributed by atoms with Crippen molar-refractivity contribution >= 4 is 21.8 Å². The number of ether oxygens (including phenoxy) is 1. The highest BCUT2D eigenvalue weighted by molar-refractivity contribution is 9.10. The average Bonchev–Trinajstić information content (AvgIpc) is 2.29.